The highest BCUT2D eigenvalue weighted by atomic mass is 35.5. The van der Waals surface area contributed by atoms with E-state index in [4.69, 9.17) is 11.6 Å². The van der Waals surface area contributed by atoms with Gasteiger partial charge in [0.15, 0.2) is 5.16 Å². The number of anilines is 1. The van der Waals surface area contributed by atoms with E-state index >= 15 is 0 Å². The van der Waals surface area contributed by atoms with E-state index in [1.54, 1.807) is 54.6 Å². The molecule has 2 aromatic carbocycles. The summed E-state index contributed by atoms with van der Waals surface area (Å²) in [6.07, 6.45) is 1.58. The van der Waals surface area contributed by atoms with Crippen molar-refractivity contribution in [2.75, 3.05) is 24.2 Å². The Morgan fingerprint density at radius 3 is 2.59 bits per heavy atom. The molecule has 0 bridgehead atoms. The molecule has 34 heavy (non-hydrogen) atoms. The molecule has 1 aromatic heterocycles. The largest absolute Gasteiger partial charge is 0.325 e. The van der Waals surface area contributed by atoms with Gasteiger partial charge in [-0.3, -0.25) is 4.79 Å². The number of amides is 1. The van der Waals surface area contributed by atoms with E-state index in [1.807, 2.05) is 11.5 Å². The first-order chi connectivity index (χ1) is 16.4. The molecule has 0 radical (unpaired) electrons. The smallest absolute Gasteiger partial charge is 0.243 e. The molecule has 1 N–H and O–H groups in total. The van der Waals surface area contributed by atoms with Crippen molar-refractivity contribution in [3.63, 3.8) is 0 Å². The van der Waals surface area contributed by atoms with Crippen LogP contribution in [-0.2, 0) is 21.4 Å². The van der Waals surface area contributed by atoms with Crippen LogP contribution in [0.5, 0.6) is 0 Å². The van der Waals surface area contributed by atoms with Crippen molar-refractivity contribution in [1.82, 2.24) is 19.1 Å². The maximum Gasteiger partial charge on any atom is 0.243 e. The Bertz CT molecular complexity index is 1230. The lowest BCUT2D eigenvalue weighted by Crippen LogP contribution is -2.39. The zero-order chi connectivity index (χ0) is 24.1. The Balaban J connectivity index is 1.43. The Kier molecular flexibility index (Phi) is 7.92. The van der Waals surface area contributed by atoms with Gasteiger partial charge >= 0.3 is 0 Å². The fraction of sp³-hybridized carbons (Fsp3) is 0.348. The van der Waals surface area contributed by atoms with E-state index < -0.39 is 10.0 Å². The van der Waals surface area contributed by atoms with Gasteiger partial charge in [0, 0.05) is 36.3 Å². The number of benzene rings is 2. The number of hydrogen-bond donors (Lipinski definition) is 1. The van der Waals surface area contributed by atoms with Crippen LogP contribution in [0.2, 0.25) is 5.02 Å². The molecule has 1 aliphatic heterocycles. The van der Waals surface area contributed by atoms with Crippen molar-refractivity contribution >= 4 is 45.0 Å². The summed E-state index contributed by atoms with van der Waals surface area (Å²) in [6, 6.07) is 15.4. The molecule has 0 aliphatic carbocycles. The molecule has 11 heteroatoms. The molecule has 1 fully saturated rings. The molecule has 0 spiro atoms. The van der Waals surface area contributed by atoms with Crippen LogP contribution < -0.4 is 5.32 Å². The summed E-state index contributed by atoms with van der Waals surface area (Å²) in [7, 11) is -3.56. The average Bonchev–Trinajstić information content (AvgIpc) is 3.28. The zero-order valence-electron chi connectivity index (χ0n) is 18.7. The summed E-state index contributed by atoms with van der Waals surface area (Å²) in [5.41, 5.74) is 0.676. The minimum absolute atomic E-state index is 0.0584. The highest BCUT2D eigenvalue weighted by Crippen LogP contribution is 2.31. The molecule has 4 rings (SSSR count). The first-order valence-corrected chi connectivity index (χ1v) is 13.9. The lowest BCUT2D eigenvalue weighted by atomic mass is 9.99. The first-order valence-electron chi connectivity index (χ1n) is 11.0. The van der Waals surface area contributed by atoms with E-state index in [2.05, 4.69) is 15.5 Å². The fourth-order valence-corrected chi connectivity index (χ4v) is 6.46. The summed E-state index contributed by atoms with van der Waals surface area (Å²) < 4.78 is 29.7. The quantitative estimate of drug-likeness (QED) is 0.447. The van der Waals surface area contributed by atoms with Crippen molar-refractivity contribution in [2.24, 2.45) is 0 Å². The topological polar surface area (TPSA) is 97.2 Å². The van der Waals surface area contributed by atoms with Gasteiger partial charge in [-0.2, -0.15) is 4.31 Å². The van der Waals surface area contributed by atoms with Crippen molar-refractivity contribution in [3.8, 4) is 0 Å². The third-order valence-electron chi connectivity index (χ3n) is 5.65. The van der Waals surface area contributed by atoms with Gasteiger partial charge in [0.2, 0.25) is 15.9 Å². The number of thioether (sulfide) groups is 1. The Hall–Kier alpha value is -2.40. The number of halogens is 1. The monoisotopic (exact) mass is 519 g/mol. The fourth-order valence-electron chi connectivity index (χ4n) is 3.98. The predicted molar refractivity (Wildman–Crippen MR) is 134 cm³/mol. The highest BCUT2D eigenvalue weighted by molar-refractivity contribution is 7.99. The maximum atomic E-state index is 13.1. The standard InChI is InChI=1S/C23H26ClN5O3S2/c1-2-29-22(17-7-6-14-28(15-17)34(31,32)20-8-4-3-5-9-20)26-27-23(29)33-16-21(30)25-19-12-10-18(24)11-13-19/h3-5,8-13,17H,2,6-7,14-16H2,1H3,(H,25,30)/t17-/m0/s1. The number of aromatic nitrogens is 3. The van der Waals surface area contributed by atoms with Crippen LogP contribution in [-0.4, -0.2) is 52.2 Å². The van der Waals surface area contributed by atoms with E-state index in [9.17, 15) is 13.2 Å². The summed E-state index contributed by atoms with van der Waals surface area (Å²) in [5.74, 6) is 0.727. The van der Waals surface area contributed by atoms with Gasteiger partial charge in [0.25, 0.3) is 0 Å². The number of rotatable bonds is 8. The average molecular weight is 520 g/mol. The normalized spacial score (nSPS) is 16.9. The number of carbonyl (C=O) groups is 1. The minimum Gasteiger partial charge on any atom is -0.325 e. The second-order valence-electron chi connectivity index (χ2n) is 7.94. The van der Waals surface area contributed by atoms with Crippen LogP contribution in [0.25, 0.3) is 0 Å². The molecule has 1 atom stereocenters. The number of hydrogen-bond acceptors (Lipinski definition) is 6. The molecule has 1 saturated heterocycles. The van der Waals surface area contributed by atoms with Crippen molar-refractivity contribution in [3.05, 3.63) is 65.4 Å². The molecule has 1 amide bonds. The third kappa shape index (κ3) is 5.63. The number of nitrogens with one attached hydrogen (secondary N) is 1. The molecule has 2 heterocycles. The van der Waals surface area contributed by atoms with Crippen LogP contribution in [0.4, 0.5) is 5.69 Å². The summed E-state index contributed by atoms with van der Waals surface area (Å²) in [6.45, 7) is 3.47. The van der Waals surface area contributed by atoms with E-state index in [-0.39, 0.29) is 17.6 Å². The second kappa shape index (κ2) is 10.9. The summed E-state index contributed by atoms with van der Waals surface area (Å²) in [4.78, 5) is 12.7. The molecule has 8 nitrogen and oxygen atoms in total. The zero-order valence-corrected chi connectivity index (χ0v) is 21.1. The van der Waals surface area contributed by atoms with E-state index in [0.717, 1.165) is 18.7 Å². The van der Waals surface area contributed by atoms with Gasteiger partial charge < -0.3 is 9.88 Å². The number of nitrogens with zero attached hydrogens (tertiary/aromatic N) is 4. The molecule has 0 unspecified atom stereocenters. The van der Waals surface area contributed by atoms with Crippen LogP contribution in [0.1, 0.15) is 31.5 Å². The Morgan fingerprint density at radius 2 is 1.88 bits per heavy atom. The summed E-state index contributed by atoms with van der Waals surface area (Å²) >= 11 is 7.19. The molecular weight excluding hydrogens is 494 g/mol. The van der Waals surface area contributed by atoms with Crippen molar-refractivity contribution in [1.29, 1.82) is 0 Å². The van der Waals surface area contributed by atoms with Crippen LogP contribution in [0, 0.1) is 0 Å². The van der Waals surface area contributed by atoms with E-state index in [0.29, 0.717) is 40.4 Å². The maximum absolute atomic E-state index is 13.1. The van der Waals surface area contributed by atoms with Gasteiger partial charge in [0.1, 0.15) is 5.82 Å². The summed E-state index contributed by atoms with van der Waals surface area (Å²) in [5, 5.41) is 12.8. The molecule has 180 valence electrons. The van der Waals surface area contributed by atoms with Crippen LogP contribution in [0.15, 0.2) is 64.6 Å². The van der Waals surface area contributed by atoms with Crippen LogP contribution >= 0.6 is 23.4 Å². The predicted octanol–water partition coefficient (Wildman–Crippen LogP) is 4.25. The number of carbonyl (C=O) groups excluding carboxylic acids is 1. The minimum atomic E-state index is -3.56. The van der Waals surface area contributed by atoms with Gasteiger partial charge in [-0.1, -0.05) is 41.6 Å². The Labute approximate surface area is 208 Å². The molecule has 1 aliphatic rings. The molecule has 3 aromatic rings. The van der Waals surface area contributed by atoms with Gasteiger partial charge in [-0.25, -0.2) is 8.42 Å². The van der Waals surface area contributed by atoms with Crippen LogP contribution in [0.3, 0.4) is 0 Å². The van der Waals surface area contributed by atoms with Crippen molar-refractivity contribution < 1.29 is 13.2 Å². The van der Waals surface area contributed by atoms with Gasteiger partial charge in [-0.15, -0.1) is 10.2 Å². The lowest BCUT2D eigenvalue weighted by molar-refractivity contribution is -0.113. The molecule has 0 saturated carbocycles. The molecular formula is C23H26ClN5O3S2. The number of piperidine rings is 1. The van der Waals surface area contributed by atoms with E-state index in [1.165, 1.54) is 16.1 Å². The van der Waals surface area contributed by atoms with Gasteiger partial charge in [0.05, 0.1) is 10.6 Å². The lowest BCUT2D eigenvalue weighted by Gasteiger charge is -2.31. The van der Waals surface area contributed by atoms with Gasteiger partial charge in [-0.05, 0) is 56.2 Å². The Morgan fingerprint density at radius 1 is 1.15 bits per heavy atom. The third-order valence-corrected chi connectivity index (χ3v) is 8.75. The second-order valence-corrected chi connectivity index (χ2v) is 11.3. The number of sulfonamides is 1. The SMILES string of the molecule is CCn1c(SCC(=O)Nc2ccc(Cl)cc2)nnc1[C@H]1CCCN(S(=O)(=O)c2ccccc2)C1. The first kappa shape index (κ1) is 24.7. The van der Waals surface area contributed by atoms with Crippen molar-refractivity contribution in [2.45, 2.75) is 42.3 Å². The highest BCUT2D eigenvalue weighted by Gasteiger charge is 2.33.